The van der Waals surface area contributed by atoms with Crippen molar-refractivity contribution in [1.82, 2.24) is 4.90 Å². The van der Waals surface area contributed by atoms with Crippen LogP contribution in [-0.2, 0) is 6.42 Å². The van der Waals surface area contributed by atoms with E-state index in [1.54, 1.807) is 0 Å². The lowest BCUT2D eigenvalue weighted by Crippen LogP contribution is -2.22. The minimum absolute atomic E-state index is 0.806. The summed E-state index contributed by atoms with van der Waals surface area (Å²) in [6.45, 7) is 3.07. The van der Waals surface area contributed by atoms with E-state index in [9.17, 15) is 0 Å². The average molecular weight is 285 g/mol. The molecule has 0 aliphatic heterocycles. The average Bonchev–Trinajstić information content (AvgIpc) is 2.29. The first-order valence-electron chi connectivity index (χ1n) is 5.85. The molecule has 0 bridgehead atoms. The molecule has 1 aromatic carbocycles. The lowest BCUT2D eigenvalue weighted by Gasteiger charge is -2.16. The van der Waals surface area contributed by atoms with Gasteiger partial charge in [0.05, 0.1) is 0 Å². The van der Waals surface area contributed by atoms with Gasteiger partial charge in [0.15, 0.2) is 0 Å². The first-order chi connectivity index (χ1) is 7.72. The van der Waals surface area contributed by atoms with Gasteiger partial charge in [-0.15, -0.1) is 0 Å². The molecule has 3 heteroatoms. The Morgan fingerprint density at radius 2 is 1.81 bits per heavy atom. The van der Waals surface area contributed by atoms with E-state index in [-0.39, 0.29) is 0 Å². The fourth-order valence-electron chi connectivity index (χ4n) is 1.61. The zero-order valence-electron chi connectivity index (χ0n) is 9.95. The van der Waals surface area contributed by atoms with Gasteiger partial charge in [0, 0.05) is 11.0 Å². The van der Waals surface area contributed by atoms with Gasteiger partial charge < -0.3 is 10.6 Å². The quantitative estimate of drug-likeness (QED) is 0.780. The first-order valence-corrected chi connectivity index (χ1v) is 6.64. The van der Waals surface area contributed by atoms with Crippen LogP contribution in [0.5, 0.6) is 0 Å². The number of hydrogen-bond donors (Lipinski definition) is 1. The normalized spacial score (nSPS) is 11.0. The van der Waals surface area contributed by atoms with Crippen molar-refractivity contribution < 1.29 is 0 Å². The molecular weight excluding hydrogens is 264 g/mol. The Hall–Kier alpha value is -0.380. The largest absolute Gasteiger partial charge is 0.330 e. The summed E-state index contributed by atoms with van der Waals surface area (Å²) < 4.78 is 1.15. The summed E-state index contributed by atoms with van der Waals surface area (Å²) in [7, 11) is 2.18. The van der Waals surface area contributed by atoms with Crippen molar-refractivity contribution in [3.63, 3.8) is 0 Å². The van der Waals surface area contributed by atoms with Crippen LogP contribution in [0, 0.1) is 0 Å². The van der Waals surface area contributed by atoms with E-state index >= 15 is 0 Å². The topological polar surface area (TPSA) is 29.3 Å². The van der Waals surface area contributed by atoms with E-state index in [0.29, 0.717) is 0 Å². The fraction of sp³-hybridized carbons (Fsp3) is 0.538. The molecule has 0 heterocycles. The second-order valence-electron chi connectivity index (χ2n) is 4.18. The van der Waals surface area contributed by atoms with Crippen LogP contribution in [0.1, 0.15) is 18.4 Å². The zero-order chi connectivity index (χ0) is 11.8. The Bertz CT molecular complexity index is 284. The van der Waals surface area contributed by atoms with E-state index in [0.717, 1.165) is 36.9 Å². The smallest absolute Gasteiger partial charge is 0.0175 e. The summed E-state index contributed by atoms with van der Waals surface area (Å²) in [4.78, 5) is 2.37. The van der Waals surface area contributed by atoms with E-state index < -0.39 is 0 Å². The number of unbranched alkanes of at least 4 members (excludes halogenated alkanes) is 1. The summed E-state index contributed by atoms with van der Waals surface area (Å²) in [6.07, 6.45) is 3.45. The Kier molecular flexibility index (Phi) is 6.69. The molecule has 0 aliphatic carbocycles. The van der Waals surface area contributed by atoms with Gasteiger partial charge in [0.25, 0.3) is 0 Å². The van der Waals surface area contributed by atoms with Gasteiger partial charge in [-0.25, -0.2) is 0 Å². The number of nitrogens with two attached hydrogens (primary N) is 1. The maximum Gasteiger partial charge on any atom is 0.0175 e. The second-order valence-corrected chi connectivity index (χ2v) is 5.09. The van der Waals surface area contributed by atoms with Gasteiger partial charge in [0.2, 0.25) is 0 Å². The molecule has 90 valence electrons. The molecule has 1 aromatic rings. The molecular formula is C13H21BrN2. The van der Waals surface area contributed by atoms with Crippen LogP contribution >= 0.6 is 15.9 Å². The maximum atomic E-state index is 5.47. The Balaban J connectivity index is 2.20. The number of hydrogen-bond acceptors (Lipinski definition) is 2. The second kappa shape index (κ2) is 7.82. The van der Waals surface area contributed by atoms with E-state index in [1.807, 2.05) is 0 Å². The molecule has 2 nitrogen and oxygen atoms in total. The van der Waals surface area contributed by atoms with Gasteiger partial charge in [-0.3, -0.25) is 0 Å². The van der Waals surface area contributed by atoms with Crippen molar-refractivity contribution in [1.29, 1.82) is 0 Å². The number of likely N-dealkylation sites (N-methyl/N-ethyl adjacent to an activating group) is 1. The molecule has 0 unspecified atom stereocenters. The Labute approximate surface area is 107 Å². The number of halogens is 1. The Morgan fingerprint density at radius 3 is 2.44 bits per heavy atom. The first kappa shape index (κ1) is 13.7. The zero-order valence-corrected chi connectivity index (χ0v) is 11.5. The van der Waals surface area contributed by atoms with E-state index in [1.165, 1.54) is 12.0 Å². The monoisotopic (exact) mass is 284 g/mol. The molecule has 1 rings (SSSR count). The number of rotatable bonds is 7. The number of nitrogens with zero attached hydrogens (tertiary/aromatic N) is 1. The van der Waals surface area contributed by atoms with Gasteiger partial charge in [-0.1, -0.05) is 28.1 Å². The highest BCUT2D eigenvalue weighted by atomic mass is 79.9. The third-order valence-corrected chi connectivity index (χ3v) is 3.22. The highest BCUT2D eigenvalue weighted by Gasteiger charge is 1.99. The fourth-order valence-corrected chi connectivity index (χ4v) is 1.87. The van der Waals surface area contributed by atoms with Gasteiger partial charge in [-0.2, -0.15) is 0 Å². The molecule has 2 N–H and O–H groups in total. The van der Waals surface area contributed by atoms with Crippen molar-refractivity contribution in [3.05, 3.63) is 34.3 Å². The highest BCUT2D eigenvalue weighted by molar-refractivity contribution is 9.10. The predicted octanol–water partition coefficient (Wildman–Crippen LogP) is 2.66. The van der Waals surface area contributed by atoms with Crippen molar-refractivity contribution in [2.75, 3.05) is 26.7 Å². The van der Waals surface area contributed by atoms with Crippen LogP contribution in [0.3, 0.4) is 0 Å². The Morgan fingerprint density at radius 1 is 1.12 bits per heavy atom. The molecule has 0 spiro atoms. The predicted molar refractivity (Wildman–Crippen MR) is 73.6 cm³/mol. The molecule has 0 atom stereocenters. The van der Waals surface area contributed by atoms with Crippen LogP contribution in [-0.4, -0.2) is 31.6 Å². The summed E-state index contributed by atoms with van der Waals surface area (Å²) in [5.74, 6) is 0. The van der Waals surface area contributed by atoms with Crippen molar-refractivity contribution in [2.24, 2.45) is 5.73 Å². The van der Waals surface area contributed by atoms with Crippen LogP contribution in [0.25, 0.3) is 0 Å². The van der Waals surface area contributed by atoms with Gasteiger partial charge in [0.1, 0.15) is 0 Å². The lowest BCUT2D eigenvalue weighted by molar-refractivity contribution is 0.331. The van der Waals surface area contributed by atoms with E-state index in [2.05, 4.69) is 52.1 Å². The maximum absolute atomic E-state index is 5.47. The van der Waals surface area contributed by atoms with Crippen LogP contribution < -0.4 is 5.73 Å². The molecule has 0 radical (unpaired) electrons. The third-order valence-electron chi connectivity index (χ3n) is 2.69. The van der Waals surface area contributed by atoms with Crippen LogP contribution in [0.2, 0.25) is 0 Å². The number of benzene rings is 1. The summed E-state index contributed by atoms with van der Waals surface area (Å²) in [5.41, 5.74) is 6.87. The molecule has 0 amide bonds. The molecule has 0 aliphatic rings. The molecule has 16 heavy (non-hydrogen) atoms. The van der Waals surface area contributed by atoms with Crippen molar-refractivity contribution in [3.8, 4) is 0 Å². The molecule has 0 saturated carbocycles. The standard InChI is InChI=1S/C13H21BrN2/c1-16(10-3-2-9-15)11-8-12-4-6-13(14)7-5-12/h4-7H,2-3,8-11,15H2,1H3. The van der Waals surface area contributed by atoms with Gasteiger partial charge >= 0.3 is 0 Å². The minimum Gasteiger partial charge on any atom is -0.330 e. The summed E-state index contributed by atoms with van der Waals surface area (Å²) in [6, 6.07) is 8.56. The molecule has 0 saturated heterocycles. The third kappa shape index (κ3) is 5.64. The van der Waals surface area contributed by atoms with E-state index in [4.69, 9.17) is 5.73 Å². The molecule has 0 fully saturated rings. The summed E-state index contributed by atoms with van der Waals surface area (Å²) >= 11 is 3.45. The van der Waals surface area contributed by atoms with Crippen LogP contribution in [0.4, 0.5) is 0 Å². The molecule has 0 aromatic heterocycles. The van der Waals surface area contributed by atoms with Crippen LogP contribution in [0.15, 0.2) is 28.7 Å². The highest BCUT2D eigenvalue weighted by Crippen LogP contribution is 2.11. The van der Waals surface area contributed by atoms with Crippen molar-refractivity contribution in [2.45, 2.75) is 19.3 Å². The SMILES string of the molecule is CN(CCCCN)CCc1ccc(Br)cc1. The minimum atomic E-state index is 0.806. The summed E-state index contributed by atoms with van der Waals surface area (Å²) in [5, 5.41) is 0. The van der Waals surface area contributed by atoms with Crippen molar-refractivity contribution >= 4 is 15.9 Å². The van der Waals surface area contributed by atoms with Gasteiger partial charge in [-0.05, 0) is 57.1 Å². The lowest BCUT2D eigenvalue weighted by atomic mass is 10.1.